The molecule has 382 valence electrons. The fourth-order valence-electron chi connectivity index (χ4n) is 8.90. The molecule has 0 bridgehead atoms. The Bertz CT molecular complexity index is 1910. The van der Waals surface area contributed by atoms with Crippen LogP contribution in [0.2, 0.25) is 0 Å². The fourth-order valence-corrected chi connectivity index (χ4v) is 14.9. The van der Waals surface area contributed by atoms with Crippen molar-refractivity contribution >= 4 is 71.4 Å². The summed E-state index contributed by atoms with van der Waals surface area (Å²) in [6, 6.07) is 38.0. The summed E-state index contributed by atoms with van der Waals surface area (Å²) < 4.78 is 63.4. The third-order valence-corrected chi connectivity index (χ3v) is 19.8. The first-order valence-corrected chi connectivity index (χ1v) is 31.4. The van der Waals surface area contributed by atoms with Crippen molar-refractivity contribution in [3.63, 3.8) is 0 Å². The van der Waals surface area contributed by atoms with Crippen LogP contribution in [0.3, 0.4) is 0 Å². The molecule has 2 unspecified atom stereocenters. The summed E-state index contributed by atoms with van der Waals surface area (Å²) in [6.45, 7) is 1.42. The van der Waals surface area contributed by atoms with Gasteiger partial charge in [0.05, 0.1) is 26.4 Å². The van der Waals surface area contributed by atoms with Crippen LogP contribution >= 0.6 is 38.3 Å². The molecule has 2 aliphatic rings. The summed E-state index contributed by atoms with van der Waals surface area (Å²) in [5.41, 5.74) is 0. The van der Waals surface area contributed by atoms with Gasteiger partial charge in [0.2, 0.25) is 0 Å². The fraction of sp³-hybridized carbons (Fsp3) is 0.536. The maximum absolute atomic E-state index is 13.9. The smallest absolute Gasteiger partial charge is 0.306 e. The molecule has 6 rings (SSSR count). The molecule has 4 atom stereocenters. The molecular weight excluding hydrogens is 959 g/mol. The Morgan fingerprint density at radius 1 is 0.414 bits per heavy atom. The van der Waals surface area contributed by atoms with Gasteiger partial charge in [0, 0.05) is 45.6 Å². The number of unbranched alkanes of at least 4 members (excludes halogenated alkanes) is 14. The first kappa shape index (κ1) is 56.1. The Hall–Kier alpha value is -3.18. The average Bonchev–Trinajstić information content (AvgIpc) is 3.99. The molecule has 70 heavy (non-hydrogen) atoms. The molecule has 2 heterocycles. The number of hydrogen-bond donors (Lipinski definition) is 0. The SMILES string of the molecule is O=C(CCCCCCCCCCSCCOP(=O)(c1ccccc1)c1ccccc1)O[C@H]1COC2C1OC[C@H]2OC(=O)CCCCCCCCCCSCCOP(=O)(c1ccccc1)c1ccccc1. The van der Waals surface area contributed by atoms with E-state index < -0.39 is 39.2 Å². The third kappa shape index (κ3) is 18.7. The number of carbonyl (C=O) groups excluding carboxylic acids is 2. The van der Waals surface area contributed by atoms with Crippen molar-refractivity contribution in [1.29, 1.82) is 0 Å². The summed E-state index contributed by atoms with van der Waals surface area (Å²) in [5, 5.41) is 2.93. The number of carbonyl (C=O) groups is 2. The zero-order chi connectivity index (χ0) is 49.0. The van der Waals surface area contributed by atoms with E-state index in [1.54, 1.807) is 0 Å². The summed E-state index contributed by atoms with van der Waals surface area (Å²) in [6.07, 6.45) is 16.7. The van der Waals surface area contributed by atoms with Crippen molar-refractivity contribution in [3.05, 3.63) is 121 Å². The predicted molar refractivity (Wildman–Crippen MR) is 288 cm³/mol. The van der Waals surface area contributed by atoms with Gasteiger partial charge in [-0.2, -0.15) is 23.5 Å². The second-order valence-corrected chi connectivity index (χ2v) is 25.4. The summed E-state index contributed by atoms with van der Waals surface area (Å²) in [5.74, 6) is 3.32. The van der Waals surface area contributed by atoms with Crippen LogP contribution in [0.4, 0.5) is 0 Å². The summed E-state index contributed by atoms with van der Waals surface area (Å²) in [7, 11) is -6.23. The Labute approximate surface area is 426 Å². The predicted octanol–water partition coefficient (Wildman–Crippen LogP) is 12.0. The molecule has 2 aliphatic heterocycles. The van der Waals surface area contributed by atoms with E-state index >= 15 is 0 Å². The standard InChI is InChI=1S/C56H76O10P2S2/c57-53(37-25-9-5-1-3-7-11-27-41-69-43-39-63-67(59,47-29-17-13-18-30-47)48-31-19-14-20-32-48)65-51-45-61-56-52(46-62-55(51)56)66-54(58)38-26-10-6-2-4-8-12-28-42-70-44-40-64-68(60,49-33-21-15-22-34-49)50-35-23-16-24-36-50/h13-24,29-36,51-52,55-56H,1-12,25-28,37-46H2/t51-,52+,55?,56?. The highest BCUT2D eigenvalue weighted by Crippen LogP contribution is 2.45. The second kappa shape index (κ2) is 32.1. The van der Waals surface area contributed by atoms with Gasteiger partial charge in [0.1, 0.15) is 12.2 Å². The van der Waals surface area contributed by atoms with Crippen molar-refractivity contribution in [2.24, 2.45) is 0 Å². The topological polar surface area (TPSA) is 124 Å². The van der Waals surface area contributed by atoms with Gasteiger partial charge in [-0.1, -0.05) is 150 Å². The van der Waals surface area contributed by atoms with Gasteiger partial charge in [-0.05, 0) is 85.7 Å². The maximum atomic E-state index is 13.9. The molecule has 0 aromatic heterocycles. The van der Waals surface area contributed by atoms with Crippen LogP contribution in [0.5, 0.6) is 0 Å². The van der Waals surface area contributed by atoms with E-state index in [9.17, 15) is 18.7 Å². The highest BCUT2D eigenvalue weighted by molar-refractivity contribution is 7.99. The van der Waals surface area contributed by atoms with Gasteiger partial charge in [-0.3, -0.25) is 18.7 Å². The molecule has 4 aromatic carbocycles. The van der Waals surface area contributed by atoms with E-state index in [4.69, 9.17) is 28.0 Å². The highest BCUT2D eigenvalue weighted by Gasteiger charge is 2.51. The first-order chi connectivity index (χ1) is 34.4. The normalized spacial score (nSPS) is 17.9. The quantitative estimate of drug-likeness (QED) is 0.0245. The van der Waals surface area contributed by atoms with Gasteiger partial charge in [0.25, 0.3) is 14.7 Å². The van der Waals surface area contributed by atoms with Crippen LogP contribution in [0.15, 0.2) is 121 Å². The minimum absolute atomic E-state index is 0.224. The zero-order valence-electron chi connectivity index (χ0n) is 41.0. The van der Waals surface area contributed by atoms with Crippen LogP contribution in [-0.4, -0.2) is 85.8 Å². The first-order valence-electron chi connectivity index (χ1n) is 25.9. The molecule has 2 fully saturated rings. The maximum Gasteiger partial charge on any atom is 0.306 e. The van der Waals surface area contributed by atoms with E-state index in [1.165, 1.54) is 38.5 Å². The van der Waals surface area contributed by atoms with Gasteiger partial charge < -0.3 is 28.0 Å². The average molecular weight is 1040 g/mol. The molecule has 0 spiro atoms. The number of rotatable bonds is 36. The Morgan fingerprint density at radius 2 is 0.700 bits per heavy atom. The lowest BCUT2D eigenvalue weighted by Gasteiger charge is -2.19. The van der Waals surface area contributed by atoms with Crippen molar-refractivity contribution < 1.29 is 46.7 Å². The number of hydrogen-bond acceptors (Lipinski definition) is 12. The molecule has 2 saturated heterocycles. The second-order valence-electron chi connectivity index (χ2n) is 18.1. The number of benzene rings is 4. The molecule has 0 aliphatic carbocycles. The number of fused-ring (bicyclic) bond motifs is 1. The van der Waals surface area contributed by atoms with Gasteiger partial charge in [-0.15, -0.1) is 0 Å². The summed E-state index contributed by atoms with van der Waals surface area (Å²) >= 11 is 3.71. The van der Waals surface area contributed by atoms with E-state index in [1.807, 2.05) is 145 Å². The lowest BCUT2D eigenvalue weighted by atomic mass is 10.1. The van der Waals surface area contributed by atoms with Crippen LogP contribution in [-0.2, 0) is 46.7 Å². The molecule has 14 heteroatoms. The van der Waals surface area contributed by atoms with Crippen LogP contribution in [0, 0.1) is 0 Å². The molecule has 4 aromatic rings. The highest BCUT2D eigenvalue weighted by atomic mass is 32.2. The van der Waals surface area contributed by atoms with Gasteiger partial charge in [0.15, 0.2) is 12.2 Å². The van der Waals surface area contributed by atoms with Crippen LogP contribution in [0.25, 0.3) is 0 Å². The molecular formula is C56H76O10P2S2. The summed E-state index contributed by atoms with van der Waals surface area (Å²) in [4.78, 5) is 25.3. The zero-order valence-corrected chi connectivity index (χ0v) is 44.5. The van der Waals surface area contributed by atoms with Gasteiger partial charge in [-0.25, -0.2) is 0 Å². The largest absolute Gasteiger partial charge is 0.457 e. The Kier molecular flexibility index (Phi) is 25.7. The Morgan fingerprint density at radius 3 is 1.01 bits per heavy atom. The van der Waals surface area contributed by atoms with Crippen LogP contribution < -0.4 is 21.2 Å². The lowest BCUT2D eigenvalue weighted by Crippen LogP contribution is -2.35. The van der Waals surface area contributed by atoms with E-state index in [-0.39, 0.29) is 25.2 Å². The molecule has 0 amide bonds. The molecule has 10 nitrogen and oxygen atoms in total. The van der Waals surface area contributed by atoms with Crippen molar-refractivity contribution in [3.8, 4) is 0 Å². The van der Waals surface area contributed by atoms with E-state index in [0.717, 1.165) is 108 Å². The van der Waals surface area contributed by atoms with Gasteiger partial charge >= 0.3 is 11.9 Å². The number of thioether (sulfide) groups is 2. The van der Waals surface area contributed by atoms with E-state index in [0.29, 0.717) is 26.1 Å². The van der Waals surface area contributed by atoms with Crippen molar-refractivity contribution in [2.75, 3.05) is 49.4 Å². The number of ether oxygens (including phenoxy) is 4. The number of esters is 2. The third-order valence-electron chi connectivity index (χ3n) is 12.8. The molecule has 0 N–H and O–H groups in total. The molecule has 0 saturated carbocycles. The minimum Gasteiger partial charge on any atom is -0.457 e. The van der Waals surface area contributed by atoms with Crippen molar-refractivity contribution in [1.82, 2.24) is 0 Å². The minimum atomic E-state index is -3.11. The van der Waals surface area contributed by atoms with E-state index in [2.05, 4.69) is 0 Å². The molecule has 0 radical (unpaired) electrons. The Balaban J connectivity index is 0.692. The monoisotopic (exact) mass is 1030 g/mol. The van der Waals surface area contributed by atoms with Crippen molar-refractivity contribution in [2.45, 2.75) is 140 Å². The lowest BCUT2D eigenvalue weighted by molar-refractivity contribution is -0.155. The van der Waals surface area contributed by atoms with Crippen LogP contribution in [0.1, 0.15) is 116 Å².